The standard InChI is InChI=1S/C16H12N2S2/c1-3-7-15-13(5-1)9-11-17(19-15)18-12-10-14-6-2-4-8-16(14)20-18/h1-12H. The number of rotatable bonds is 1. The van der Waals surface area contributed by atoms with Crippen LogP contribution in [0, 0.1) is 0 Å². The van der Waals surface area contributed by atoms with Crippen molar-refractivity contribution in [3.05, 3.63) is 72.1 Å². The zero-order chi connectivity index (χ0) is 13.4. The summed E-state index contributed by atoms with van der Waals surface area (Å²) >= 11 is 3.48. The monoisotopic (exact) mass is 296 g/mol. The van der Waals surface area contributed by atoms with Gasteiger partial charge in [0.1, 0.15) is 0 Å². The van der Waals surface area contributed by atoms with E-state index >= 15 is 0 Å². The minimum absolute atomic E-state index is 1.28. The summed E-state index contributed by atoms with van der Waals surface area (Å²) in [4.78, 5) is 2.56. The summed E-state index contributed by atoms with van der Waals surface area (Å²) in [7, 11) is 0. The lowest BCUT2D eigenvalue weighted by molar-refractivity contribution is 0.356. The molecule has 2 heterocycles. The Morgan fingerprint density at radius 3 is 1.55 bits per heavy atom. The molecule has 0 atom stereocenters. The van der Waals surface area contributed by atoms with Crippen molar-refractivity contribution in [2.75, 3.05) is 0 Å². The normalized spacial score (nSPS) is 16.0. The van der Waals surface area contributed by atoms with Crippen molar-refractivity contribution in [1.29, 1.82) is 0 Å². The number of hydrazine groups is 1. The fraction of sp³-hybridized carbons (Fsp3) is 0. The van der Waals surface area contributed by atoms with Gasteiger partial charge in [-0.3, -0.25) is 0 Å². The summed E-state index contributed by atoms with van der Waals surface area (Å²) in [6.45, 7) is 0. The van der Waals surface area contributed by atoms with E-state index in [1.807, 2.05) is 0 Å². The number of hydrogen-bond acceptors (Lipinski definition) is 4. The Morgan fingerprint density at radius 2 is 1.05 bits per heavy atom. The first-order chi connectivity index (χ1) is 9.90. The second-order valence-corrected chi connectivity index (χ2v) is 6.49. The van der Waals surface area contributed by atoms with Gasteiger partial charge >= 0.3 is 0 Å². The predicted octanol–water partition coefficient (Wildman–Crippen LogP) is 4.89. The van der Waals surface area contributed by atoms with Crippen LogP contribution in [-0.4, -0.2) is 8.83 Å². The minimum atomic E-state index is 1.28. The highest BCUT2D eigenvalue weighted by Gasteiger charge is 2.19. The summed E-state index contributed by atoms with van der Waals surface area (Å²) in [5.74, 6) is 0. The van der Waals surface area contributed by atoms with Crippen molar-refractivity contribution in [3.63, 3.8) is 0 Å². The molecular formula is C16H12N2S2. The van der Waals surface area contributed by atoms with Gasteiger partial charge in [0.25, 0.3) is 0 Å². The Labute approximate surface area is 127 Å². The Hall–Kier alpha value is -1.78. The van der Waals surface area contributed by atoms with Crippen molar-refractivity contribution in [3.8, 4) is 0 Å². The zero-order valence-corrected chi connectivity index (χ0v) is 12.3. The molecule has 2 aromatic carbocycles. The second-order valence-electron chi connectivity index (χ2n) is 4.49. The van der Waals surface area contributed by atoms with Crippen molar-refractivity contribution in [2.24, 2.45) is 0 Å². The third-order valence-electron chi connectivity index (χ3n) is 3.18. The molecule has 0 amide bonds. The van der Waals surface area contributed by atoms with E-state index in [0.29, 0.717) is 0 Å². The number of nitrogens with zero attached hydrogens (tertiary/aromatic N) is 2. The van der Waals surface area contributed by atoms with E-state index < -0.39 is 0 Å². The molecule has 0 N–H and O–H groups in total. The molecule has 0 unspecified atom stereocenters. The van der Waals surface area contributed by atoms with Crippen molar-refractivity contribution in [1.82, 2.24) is 8.83 Å². The fourth-order valence-corrected chi connectivity index (χ4v) is 4.04. The molecule has 2 aromatic rings. The van der Waals surface area contributed by atoms with Crippen LogP contribution in [0.5, 0.6) is 0 Å². The summed E-state index contributed by atoms with van der Waals surface area (Å²) in [5, 5.41) is 0. The maximum Gasteiger partial charge on any atom is 0.0378 e. The van der Waals surface area contributed by atoms with Crippen molar-refractivity contribution < 1.29 is 0 Å². The summed E-state index contributed by atoms with van der Waals surface area (Å²) in [6.07, 6.45) is 8.53. The van der Waals surface area contributed by atoms with Crippen LogP contribution in [0.15, 0.2) is 70.7 Å². The van der Waals surface area contributed by atoms with E-state index in [0.717, 1.165) is 0 Å². The van der Waals surface area contributed by atoms with Crippen LogP contribution in [0.4, 0.5) is 0 Å². The molecular weight excluding hydrogens is 284 g/mol. The first-order valence-electron chi connectivity index (χ1n) is 6.39. The molecule has 0 radical (unpaired) electrons. The quantitative estimate of drug-likeness (QED) is 0.691. The Kier molecular flexibility index (Phi) is 2.98. The second kappa shape index (κ2) is 4.96. The summed E-state index contributed by atoms with van der Waals surface area (Å²) in [5.41, 5.74) is 2.56. The predicted molar refractivity (Wildman–Crippen MR) is 86.3 cm³/mol. The smallest absolute Gasteiger partial charge is 0.0378 e. The van der Waals surface area contributed by atoms with Crippen LogP contribution in [0.25, 0.3) is 12.2 Å². The topological polar surface area (TPSA) is 6.48 Å². The molecule has 4 rings (SSSR count). The van der Waals surface area contributed by atoms with E-state index in [1.165, 1.54) is 20.9 Å². The fourth-order valence-electron chi connectivity index (χ4n) is 2.17. The van der Waals surface area contributed by atoms with E-state index in [-0.39, 0.29) is 0 Å². The van der Waals surface area contributed by atoms with Crippen molar-refractivity contribution in [2.45, 2.75) is 9.79 Å². The Bertz CT molecular complexity index is 648. The molecule has 0 aliphatic carbocycles. The van der Waals surface area contributed by atoms with Gasteiger partial charge in [-0.2, -0.15) is 0 Å². The largest absolute Gasteiger partial charge is 0.219 e. The lowest BCUT2D eigenvalue weighted by atomic mass is 10.2. The van der Waals surface area contributed by atoms with Crippen LogP contribution < -0.4 is 0 Å². The number of benzene rings is 2. The zero-order valence-electron chi connectivity index (χ0n) is 10.6. The molecule has 0 saturated heterocycles. The number of hydrogen-bond donors (Lipinski definition) is 0. The molecule has 0 saturated carbocycles. The minimum Gasteiger partial charge on any atom is -0.219 e. The highest BCUT2D eigenvalue weighted by Crippen LogP contribution is 2.40. The van der Waals surface area contributed by atoms with Gasteiger partial charge < -0.3 is 0 Å². The van der Waals surface area contributed by atoms with Crippen LogP contribution in [-0.2, 0) is 0 Å². The van der Waals surface area contributed by atoms with Gasteiger partial charge in [-0.1, -0.05) is 36.4 Å². The van der Waals surface area contributed by atoms with E-state index in [2.05, 4.69) is 81.9 Å². The van der Waals surface area contributed by atoms with Crippen molar-refractivity contribution >= 4 is 36.0 Å². The molecule has 4 heteroatoms. The van der Waals surface area contributed by atoms with Crippen LogP contribution in [0.3, 0.4) is 0 Å². The van der Waals surface area contributed by atoms with Crippen LogP contribution in [0.1, 0.15) is 11.1 Å². The first-order valence-corrected chi connectivity index (χ1v) is 7.94. The van der Waals surface area contributed by atoms with Gasteiger partial charge in [0, 0.05) is 46.1 Å². The highest BCUT2D eigenvalue weighted by atomic mass is 32.2. The van der Waals surface area contributed by atoms with E-state index in [4.69, 9.17) is 0 Å². The SMILES string of the molecule is C1=CN(N2C=Cc3ccccc3S2)Sc2ccccc21. The first kappa shape index (κ1) is 12.0. The lowest BCUT2D eigenvalue weighted by Gasteiger charge is -2.34. The summed E-state index contributed by atoms with van der Waals surface area (Å²) in [6, 6.07) is 16.9. The third kappa shape index (κ3) is 2.11. The average Bonchev–Trinajstić information content (AvgIpc) is 2.54. The Balaban J connectivity index is 1.60. The van der Waals surface area contributed by atoms with Gasteiger partial charge in [0.2, 0.25) is 0 Å². The highest BCUT2D eigenvalue weighted by molar-refractivity contribution is 8.00. The summed E-state index contributed by atoms with van der Waals surface area (Å²) < 4.78 is 4.30. The van der Waals surface area contributed by atoms with Gasteiger partial charge in [-0.05, 0) is 35.4 Å². The van der Waals surface area contributed by atoms with Gasteiger partial charge in [0.05, 0.1) is 0 Å². The molecule has 98 valence electrons. The Morgan fingerprint density at radius 1 is 0.600 bits per heavy atom. The molecule has 0 aromatic heterocycles. The average molecular weight is 296 g/mol. The van der Waals surface area contributed by atoms with Gasteiger partial charge in [-0.25, -0.2) is 8.83 Å². The van der Waals surface area contributed by atoms with E-state index in [1.54, 1.807) is 23.9 Å². The molecule has 0 fully saturated rings. The molecule has 0 bridgehead atoms. The molecule has 0 spiro atoms. The van der Waals surface area contributed by atoms with Crippen LogP contribution >= 0.6 is 23.9 Å². The number of fused-ring (bicyclic) bond motifs is 2. The molecule has 20 heavy (non-hydrogen) atoms. The van der Waals surface area contributed by atoms with Gasteiger partial charge in [0.15, 0.2) is 0 Å². The van der Waals surface area contributed by atoms with Gasteiger partial charge in [-0.15, -0.1) is 0 Å². The van der Waals surface area contributed by atoms with Crippen LogP contribution in [0.2, 0.25) is 0 Å². The van der Waals surface area contributed by atoms with E-state index in [9.17, 15) is 0 Å². The molecule has 2 aliphatic heterocycles. The maximum absolute atomic E-state index is 2.16. The lowest BCUT2D eigenvalue weighted by Crippen LogP contribution is -2.25. The maximum atomic E-state index is 2.16. The third-order valence-corrected chi connectivity index (χ3v) is 5.39. The molecule has 2 aliphatic rings. The molecule has 2 nitrogen and oxygen atoms in total.